The number of benzene rings is 2. The summed E-state index contributed by atoms with van der Waals surface area (Å²) in [5, 5.41) is 4.09. The Morgan fingerprint density at radius 2 is 1.80 bits per heavy atom. The highest BCUT2D eigenvalue weighted by molar-refractivity contribution is 6.30. The Kier molecular flexibility index (Phi) is 5.54. The number of Topliss-reactive ketones (excluding diaryl/α,β-unsaturated/α-hetero) is 2. The van der Waals surface area contributed by atoms with Crippen molar-refractivity contribution >= 4 is 28.9 Å². The second-order valence-corrected chi connectivity index (χ2v) is 7.15. The molecule has 1 N–H and O–H groups in total. The summed E-state index contributed by atoms with van der Waals surface area (Å²) in [6, 6.07) is 17.1. The molecule has 2 aromatic rings. The van der Waals surface area contributed by atoms with E-state index >= 15 is 0 Å². The van der Waals surface area contributed by atoms with Crippen LogP contribution < -0.4 is 5.32 Å². The summed E-state index contributed by atoms with van der Waals surface area (Å²) in [5.74, 6) is -0.358. The first kappa shape index (κ1) is 17.7. The van der Waals surface area contributed by atoms with E-state index in [-0.39, 0.29) is 29.4 Å². The molecular formula is C21H22ClNO2. The number of rotatable bonds is 5. The van der Waals surface area contributed by atoms with Crippen molar-refractivity contribution in [2.24, 2.45) is 11.8 Å². The molecule has 0 aliphatic heterocycles. The summed E-state index contributed by atoms with van der Waals surface area (Å²) >= 11 is 5.89. The van der Waals surface area contributed by atoms with Crippen molar-refractivity contribution in [1.82, 2.24) is 0 Å². The zero-order chi connectivity index (χ0) is 17.8. The summed E-state index contributed by atoms with van der Waals surface area (Å²) < 4.78 is 0. The third-order valence-corrected chi connectivity index (χ3v) is 5.23. The second kappa shape index (κ2) is 7.83. The van der Waals surface area contributed by atoms with Crippen molar-refractivity contribution in [3.05, 3.63) is 65.2 Å². The number of hydrogen-bond acceptors (Lipinski definition) is 3. The van der Waals surface area contributed by atoms with E-state index in [1.54, 1.807) is 24.3 Å². The van der Waals surface area contributed by atoms with Crippen LogP contribution in [0.1, 0.15) is 36.5 Å². The molecule has 1 aliphatic rings. The van der Waals surface area contributed by atoms with E-state index in [1.807, 2.05) is 37.3 Å². The molecule has 0 amide bonds. The van der Waals surface area contributed by atoms with E-state index in [0.29, 0.717) is 23.4 Å². The minimum atomic E-state index is -0.325. The first-order valence-corrected chi connectivity index (χ1v) is 9.06. The van der Waals surface area contributed by atoms with Gasteiger partial charge >= 0.3 is 0 Å². The van der Waals surface area contributed by atoms with E-state index < -0.39 is 0 Å². The van der Waals surface area contributed by atoms with Crippen molar-refractivity contribution < 1.29 is 9.59 Å². The number of halogens is 1. The molecule has 0 radical (unpaired) electrons. The van der Waals surface area contributed by atoms with Gasteiger partial charge in [0.05, 0.1) is 0 Å². The van der Waals surface area contributed by atoms with E-state index in [2.05, 4.69) is 5.32 Å². The number of hydrogen-bond donors (Lipinski definition) is 1. The lowest BCUT2D eigenvalue weighted by Gasteiger charge is -2.32. The van der Waals surface area contributed by atoms with Crippen LogP contribution in [0.4, 0.5) is 5.69 Å². The van der Waals surface area contributed by atoms with Crippen LogP contribution in [0.25, 0.3) is 0 Å². The van der Waals surface area contributed by atoms with Crippen LogP contribution >= 0.6 is 11.6 Å². The van der Waals surface area contributed by atoms with Gasteiger partial charge in [0.1, 0.15) is 5.78 Å². The van der Waals surface area contributed by atoms with Gasteiger partial charge in [-0.15, -0.1) is 0 Å². The van der Waals surface area contributed by atoms with E-state index in [4.69, 9.17) is 11.6 Å². The third-order valence-electron chi connectivity index (χ3n) is 4.98. The molecule has 1 saturated carbocycles. The van der Waals surface area contributed by atoms with Crippen molar-refractivity contribution in [2.75, 3.05) is 5.32 Å². The highest BCUT2D eigenvalue weighted by atomic mass is 35.5. The predicted octanol–water partition coefficient (Wildman–Crippen LogP) is 5.01. The smallest absolute Gasteiger partial charge is 0.166 e. The summed E-state index contributed by atoms with van der Waals surface area (Å²) in [7, 11) is 0. The molecule has 3 atom stereocenters. The lowest BCUT2D eigenvalue weighted by atomic mass is 9.75. The van der Waals surface area contributed by atoms with Crippen LogP contribution in [-0.4, -0.2) is 17.6 Å². The molecule has 3 nitrogen and oxygen atoms in total. The quantitative estimate of drug-likeness (QED) is 0.767. The third kappa shape index (κ3) is 4.29. The minimum absolute atomic E-state index is 0.00961. The van der Waals surface area contributed by atoms with Gasteiger partial charge in [-0.2, -0.15) is 0 Å². The molecule has 3 unspecified atom stereocenters. The first-order chi connectivity index (χ1) is 12.0. The Morgan fingerprint density at radius 3 is 2.48 bits per heavy atom. The molecule has 2 aromatic carbocycles. The molecule has 0 aromatic heterocycles. The molecule has 0 saturated heterocycles. The van der Waals surface area contributed by atoms with Gasteiger partial charge in [0, 0.05) is 40.6 Å². The topological polar surface area (TPSA) is 46.2 Å². The minimum Gasteiger partial charge on any atom is -0.382 e. The molecule has 4 heteroatoms. The molecule has 1 aliphatic carbocycles. The lowest BCUT2D eigenvalue weighted by molar-refractivity contribution is -0.125. The zero-order valence-corrected chi connectivity index (χ0v) is 15.0. The second-order valence-electron chi connectivity index (χ2n) is 6.71. The Morgan fingerprint density at radius 1 is 1.12 bits per heavy atom. The molecular weight excluding hydrogens is 334 g/mol. The number of carbonyl (C=O) groups is 2. The van der Waals surface area contributed by atoms with E-state index in [9.17, 15) is 9.59 Å². The monoisotopic (exact) mass is 355 g/mol. The number of para-hydroxylation sites is 1. The maximum absolute atomic E-state index is 12.8. The van der Waals surface area contributed by atoms with Gasteiger partial charge in [-0.25, -0.2) is 0 Å². The largest absolute Gasteiger partial charge is 0.382 e. The molecule has 0 heterocycles. The average molecular weight is 356 g/mol. The summed E-state index contributed by atoms with van der Waals surface area (Å²) in [6.45, 7) is 1.87. The van der Waals surface area contributed by atoms with E-state index in [0.717, 1.165) is 12.1 Å². The fourth-order valence-corrected chi connectivity index (χ4v) is 3.63. The van der Waals surface area contributed by atoms with Crippen LogP contribution in [0.5, 0.6) is 0 Å². The molecule has 130 valence electrons. The number of anilines is 1. The lowest BCUT2D eigenvalue weighted by Crippen LogP contribution is -2.38. The predicted molar refractivity (Wildman–Crippen MR) is 101 cm³/mol. The van der Waals surface area contributed by atoms with Crippen LogP contribution in [0, 0.1) is 11.8 Å². The van der Waals surface area contributed by atoms with Crippen molar-refractivity contribution in [3.8, 4) is 0 Å². The first-order valence-electron chi connectivity index (χ1n) is 8.68. The summed E-state index contributed by atoms with van der Waals surface area (Å²) in [4.78, 5) is 25.2. The maximum Gasteiger partial charge on any atom is 0.166 e. The average Bonchev–Trinajstić information content (AvgIpc) is 2.63. The molecule has 0 spiro atoms. The summed E-state index contributed by atoms with van der Waals surface area (Å²) in [5.41, 5.74) is 1.67. The maximum atomic E-state index is 12.8. The highest BCUT2D eigenvalue weighted by Crippen LogP contribution is 2.31. The zero-order valence-electron chi connectivity index (χ0n) is 14.2. The van der Waals surface area contributed by atoms with Crippen LogP contribution in [0.15, 0.2) is 54.6 Å². The fourth-order valence-electron chi connectivity index (χ4n) is 3.50. The molecule has 3 rings (SSSR count). The summed E-state index contributed by atoms with van der Waals surface area (Å²) in [6.07, 6.45) is 2.02. The molecule has 1 fully saturated rings. The van der Waals surface area contributed by atoms with Crippen molar-refractivity contribution in [3.63, 3.8) is 0 Å². The van der Waals surface area contributed by atoms with Gasteiger partial charge in [0.25, 0.3) is 0 Å². The Labute approximate surface area is 153 Å². The van der Waals surface area contributed by atoms with Gasteiger partial charge < -0.3 is 5.32 Å². The van der Waals surface area contributed by atoms with Crippen molar-refractivity contribution in [2.45, 2.75) is 32.2 Å². The van der Waals surface area contributed by atoms with Gasteiger partial charge in [-0.1, -0.05) is 36.7 Å². The molecule has 25 heavy (non-hydrogen) atoms. The SMILES string of the molecule is CC(C(=O)c1ccc(Cl)cc1)C1CC(Nc2ccccc2)CCC1=O. The van der Waals surface area contributed by atoms with Gasteiger partial charge in [0.2, 0.25) is 0 Å². The van der Waals surface area contributed by atoms with Gasteiger partial charge in [-0.3, -0.25) is 9.59 Å². The van der Waals surface area contributed by atoms with Gasteiger partial charge in [0.15, 0.2) is 5.78 Å². The number of carbonyl (C=O) groups excluding carboxylic acids is 2. The molecule has 0 bridgehead atoms. The number of nitrogens with one attached hydrogen (secondary N) is 1. The van der Waals surface area contributed by atoms with E-state index in [1.165, 1.54) is 0 Å². The number of ketones is 2. The van der Waals surface area contributed by atoms with Crippen molar-refractivity contribution in [1.29, 1.82) is 0 Å². The van der Waals surface area contributed by atoms with Crippen LogP contribution in [-0.2, 0) is 4.79 Å². The fraction of sp³-hybridized carbons (Fsp3) is 0.333. The standard InChI is InChI=1S/C21H22ClNO2/c1-14(21(25)15-7-9-16(22)10-8-15)19-13-18(11-12-20(19)24)23-17-5-3-2-4-6-17/h2-10,14,18-19,23H,11-13H2,1H3. The van der Waals surface area contributed by atoms with Crippen LogP contribution in [0.3, 0.4) is 0 Å². The Hall–Kier alpha value is -2.13. The van der Waals surface area contributed by atoms with Gasteiger partial charge in [-0.05, 0) is 49.2 Å². The Bertz CT molecular complexity index is 742. The Balaban J connectivity index is 1.69. The van der Waals surface area contributed by atoms with Crippen LogP contribution in [0.2, 0.25) is 5.02 Å². The highest BCUT2D eigenvalue weighted by Gasteiger charge is 2.35. The normalized spacial score (nSPS) is 21.6.